The molecule has 78 valence electrons. The number of aromatic nitrogens is 1. The van der Waals surface area contributed by atoms with Crippen LogP contribution in [0.15, 0.2) is 18.3 Å². The lowest BCUT2D eigenvalue weighted by Gasteiger charge is -2.15. The predicted molar refractivity (Wildman–Crippen MR) is 60.0 cm³/mol. The fourth-order valence-corrected chi connectivity index (χ4v) is 1.43. The Bertz CT molecular complexity index is 266. The molecule has 0 aliphatic rings. The summed E-state index contributed by atoms with van der Waals surface area (Å²) in [7, 11) is 0. The molecule has 2 atom stereocenters. The molecule has 1 aromatic heterocycles. The van der Waals surface area contributed by atoms with E-state index in [1.165, 1.54) is 6.42 Å². The molecular weight excluding hydrogens is 172 g/mol. The van der Waals surface area contributed by atoms with E-state index in [9.17, 15) is 0 Å². The van der Waals surface area contributed by atoms with E-state index < -0.39 is 0 Å². The highest BCUT2D eigenvalue weighted by molar-refractivity contribution is 5.16. The van der Waals surface area contributed by atoms with Crippen LogP contribution in [0, 0.1) is 12.8 Å². The SMILES string of the molecule is CCC(C)CC(N)c1ccc(C)nc1. The van der Waals surface area contributed by atoms with E-state index in [4.69, 9.17) is 5.73 Å². The van der Waals surface area contributed by atoms with Gasteiger partial charge in [0, 0.05) is 17.9 Å². The van der Waals surface area contributed by atoms with Crippen LogP contribution in [0.3, 0.4) is 0 Å². The molecule has 2 heteroatoms. The van der Waals surface area contributed by atoms with Crippen molar-refractivity contribution in [1.82, 2.24) is 4.98 Å². The Morgan fingerprint density at radius 1 is 1.43 bits per heavy atom. The van der Waals surface area contributed by atoms with Gasteiger partial charge in [0.2, 0.25) is 0 Å². The number of hydrogen-bond acceptors (Lipinski definition) is 2. The fourth-order valence-electron chi connectivity index (χ4n) is 1.43. The minimum Gasteiger partial charge on any atom is -0.324 e. The highest BCUT2D eigenvalue weighted by Gasteiger charge is 2.09. The molecule has 0 spiro atoms. The third-order valence-corrected chi connectivity index (χ3v) is 2.72. The molecule has 0 saturated carbocycles. The quantitative estimate of drug-likeness (QED) is 0.796. The van der Waals surface area contributed by atoms with Gasteiger partial charge in [0.1, 0.15) is 0 Å². The molecule has 0 radical (unpaired) electrons. The van der Waals surface area contributed by atoms with Gasteiger partial charge in [0.05, 0.1) is 0 Å². The van der Waals surface area contributed by atoms with Gasteiger partial charge in [-0.2, -0.15) is 0 Å². The average molecular weight is 192 g/mol. The minimum absolute atomic E-state index is 0.137. The van der Waals surface area contributed by atoms with Crippen LogP contribution in [-0.2, 0) is 0 Å². The largest absolute Gasteiger partial charge is 0.324 e. The van der Waals surface area contributed by atoms with Crippen molar-refractivity contribution in [3.05, 3.63) is 29.6 Å². The molecule has 1 rings (SSSR count). The number of nitrogens with zero attached hydrogens (tertiary/aromatic N) is 1. The number of hydrogen-bond donors (Lipinski definition) is 1. The second-order valence-electron chi connectivity index (χ2n) is 4.09. The van der Waals surface area contributed by atoms with Crippen molar-refractivity contribution < 1.29 is 0 Å². The van der Waals surface area contributed by atoms with Crippen LogP contribution in [-0.4, -0.2) is 4.98 Å². The molecule has 2 N–H and O–H groups in total. The molecule has 0 saturated heterocycles. The van der Waals surface area contributed by atoms with Crippen LogP contribution in [0.4, 0.5) is 0 Å². The molecule has 1 aromatic rings. The first-order chi connectivity index (χ1) is 6.63. The Labute approximate surface area is 86.5 Å². The van der Waals surface area contributed by atoms with E-state index in [0.29, 0.717) is 5.92 Å². The summed E-state index contributed by atoms with van der Waals surface area (Å²) < 4.78 is 0. The number of aryl methyl sites for hydroxylation is 1. The van der Waals surface area contributed by atoms with Crippen molar-refractivity contribution in [2.45, 2.75) is 39.7 Å². The van der Waals surface area contributed by atoms with Gasteiger partial charge in [-0.05, 0) is 30.9 Å². The van der Waals surface area contributed by atoms with Crippen molar-refractivity contribution in [3.63, 3.8) is 0 Å². The molecule has 0 fully saturated rings. The summed E-state index contributed by atoms with van der Waals surface area (Å²) in [5, 5.41) is 0. The van der Waals surface area contributed by atoms with Crippen LogP contribution in [0.25, 0.3) is 0 Å². The molecule has 0 bridgehead atoms. The highest BCUT2D eigenvalue weighted by Crippen LogP contribution is 2.19. The lowest BCUT2D eigenvalue weighted by Crippen LogP contribution is -2.14. The van der Waals surface area contributed by atoms with Gasteiger partial charge in [-0.3, -0.25) is 4.98 Å². The van der Waals surface area contributed by atoms with Crippen molar-refractivity contribution in [2.75, 3.05) is 0 Å². The van der Waals surface area contributed by atoms with Crippen molar-refractivity contribution in [1.29, 1.82) is 0 Å². The summed E-state index contributed by atoms with van der Waals surface area (Å²) in [5.74, 6) is 0.686. The smallest absolute Gasteiger partial charge is 0.0372 e. The Balaban J connectivity index is 2.60. The van der Waals surface area contributed by atoms with E-state index in [2.05, 4.69) is 24.9 Å². The second kappa shape index (κ2) is 5.11. The zero-order valence-electron chi connectivity index (χ0n) is 9.33. The van der Waals surface area contributed by atoms with Crippen LogP contribution < -0.4 is 5.73 Å². The Kier molecular flexibility index (Phi) is 4.08. The fraction of sp³-hybridized carbons (Fsp3) is 0.583. The maximum Gasteiger partial charge on any atom is 0.0372 e. The first kappa shape index (κ1) is 11.2. The normalized spacial score (nSPS) is 15.1. The monoisotopic (exact) mass is 192 g/mol. The molecule has 0 aliphatic carbocycles. The Morgan fingerprint density at radius 3 is 2.64 bits per heavy atom. The topological polar surface area (TPSA) is 38.9 Å². The molecule has 1 heterocycles. The minimum atomic E-state index is 0.137. The van der Waals surface area contributed by atoms with E-state index >= 15 is 0 Å². The average Bonchev–Trinajstić information content (AvgIpc) is 2.18. The summed E-state index contributed by atoms with van der Waals surface area (Å²) in [5.41, 5.74) is 8.28. The molecule has 14 heavy (non-hydrogen) atoms. The van der Waals surface area contributed by atoms with Gasteiger partial charge < -0.3 is 5.73 Å². The van der Waals surface area contributed by atoms with Gasteiger partial charge in [-0.15, -0.1) is 0 Å². The number of nitrogens with two attached hydrogens (primary N) is 1. The maximum absolute atomic E-state index is 6.08. The van der Waals surface area contributed by atoms with Crippen LogP contribution in [0.2, 0.25) is 0 Å². The summed E-state index contributed by atoms with van der Waals surface area (Å²) in [4.78, 5) is 4.25. The summed E-state index contributed by atoms with van der Waals surface area (Å²) in [6.07, 6.45) is 4.12. The van der Waals surface area contributed by atoms with Gasteiger partial charge in [0.25, 0.3) is 0 Å². The highest BCUT2D eigenvalue weighted by atomic mass is 14.7. The van der Waals surface area contributed by atoms with Gasteiger partial charge >= 0.3 is 0 Å². The zero-order chi connectivity index (χ0) is 10.6. The lowest BCUT2D eigenvalue weighted by atomic mass is 9.96. The van der Waals surface area contributed by atoms with Gasteiger partial charge in [-0.1, -0.05) is 26.3 Å². The van der Waals surface area contributed by atoms with Crippen molar-refractivity contribution in [2.24, 2.45) is 11.7 Å². The number of rotatable bonds is 4. The standard InChI is InChI=1S/C12H20N2/c1-4-9(2)7-12(13)11-6-5-10(3)14-8-11/h5-6,8-9,12H,4,7,13H2,1-3H3. The molecule has 0 amide bonds. The molecule has 2 unspecified atom stereocenters. The first-order valence-electron chi connectivity index (χ1n) is 5.31. The Morgan fingerprint density at radius 2 is 2.14 bits per heavy atom. The van der Waals surface area contributed by atoms with E-state index in [1.54, 1.807) is 0 Å². The summed E-state index contributed by atoms with van der Waals surface area (Å²) >= 11 is 0. The summed E-state index contributed by atoms with van der Waals surface area (Å²) in [6.45, 7) is 6.43. The van der Waals surface area contributed by atoms with Crippen LogP contribution >= 0.6 is 0 Å². The first-order valence-corrected chi connectivity index (χ1v) is 5.31. The molecule has 2 nitrogen and oxygen atoms in total. The van der Waals surface area contributed by atoms with Gasteiger partial charge in [0.15, 0.2) is 0 Å². The molecule has 0 aromatic carbocycles. The van der Waals surface area contributed by atoms with Crippen LogP contribution in [0.1, 0.15) is 44.0 Å². The summed E-state index contributed by atoms with van der Waals surface area (Å²) in [6, 6.07) is 4.24. The second-order valence-corrected chi connectivity index (χ2v) is 4.09. The predicted octanol–water partition coefficient (Wildman–Crippen LogP) is 2.83. The van der Waals surface area contributed by atoms with E-state index in [0.717, 1.165) is 17.7 Å². The maximum atomic E-state index is 6.08. The Hall–Kier alpha value is -0.890. The molecule has 0 aliphatic heterocycles. The van der Waals surface area contributed by atoms with E-state index in [1.807, 2.05) is 19.2 Å². The third kappa shape index (κ3) is 3.11. The van der Waals surface area contributed by atoms with Crippen molar-refractivity contribution >= 4 is 0 Å². The van der Waals surface area contributed by atoms with E-state index in [-0.39, 0.29) is 6.04 Å². The molecular formula is C12H20N2. The number of pyridine rings is 1. The third-order valence-electron chi connectivity index (χ3n) is 2.72. The van der Waals surface area contributed by atoms with Gasteiger partial charge in [-0.25, -0.2) is 0 Å². The lowest BCUT2D eigenvalue weighted by molar-refractivity contribution is 0.460. The van der Waals surface area contributed by atoms with Crippen molar-refractivity contribution in [3.8, 4) is 0 Å². The zero-order valence-corrected chi connectivity index (χ0v) is 9.33. The van der Waals surface area contributed by atoms with Crippen LogP contribution in [0.5, 0.6) is 0 Å².